The fraction of sp³-hybridized carbons (Fsp3) is 0.263. The Balaban J connectivity index is 1.42. The number of anilines is 1. The van der Waals surface area contributed by atoms with Crippen LogP contribution in [-0.2, 0) is 11.2 Å². The van der Waals surface area contributed by atoms with Crippen molar-refractivity contribution in [3.8, 4) is 0 Å². The monoisotopic (exact) mass is 407 g/mol. The molecule has 4 rings (SSSR count). The zero-order valence-electron chi connectivity index (χ0n) is 14.3. The van der Waals surface area contributed by atoms with Gasteiger partial charge in [0.15, 0.2) is 10.9 Å². The number of thiazole rings is 1. The van der Waals surface area contributed by atoms with Gasteiger partial charge in [-0.1, -0.05) is 41.1 Å². The van der Waals surface area contributed by atoms with E-state index in [1.807, 2.05) is 23.1 Å². The van der Waals surface area contributed by atoms with Crippen LogP contribution in [0.1, 0.15) is 5.56 Å². The van der Waals surface area contributed by atoms with Crippen LogP contribution in [0.3, 0.4) is 0 Å². The molecule has 1 fully saturated rings. The van der Waals surface area contributed by atoms with Gasteiger partial charge in [0.25, 0.3) is 0 Å². The third-order valence-corrected chi connectivity index (χ3v) is 6.04. The molecule has 3 aromatic rings. The summed E-state index contributed by atoms with van der Waals surface area (Å²) in [6.07, 6.45) is 0.269. The molecule has 0 saturated carbocycles. The Bertz CT molecular complexity index is 1000. The number of halogens is 3. The van der Waals surface area contributed by atoms with Gasteiger partial charge >= 0.3 is 0 Å². The van der Waals surface area contributed by atoms with Crippen LogP contribution in [0.2, 0.25) is 5.02 Å². The highest BCUT2D eigenvalue weighted by Crippen LogP contribution is 2.31. The number of fused-ring (bicyclic) bond motifs is 1. The van der Waals surface area contributed by atoms with E-state index in [4.69, 9.17) is 11.6 Å². The summed E-state index contributed by atoms with van der Waals surface area (Å²) in [7, 11) is 0. The average molecular weight is 408 g/mol. The van der Waals surface area contributed by atoms with E-state index in [0.717, 1.165) is 11.6 Å². The Morgan fingerprint density at radius 1 is 1.15 bits per heavy atom. The Morgan fingerprint density at radius 2 is 1.89 bits per heavy atom. The maximum absolute atomic E-state index is 13.9. The lowest BCUT2D eigenvalue weighted by molar-refractivity contribution is -0.130. The molecule has 0 unspecified atom stereocenters. The number of hydrogen-bond acceptors (Lipinski definition) is 4. The quantitative estimate of drug-likeness (QED) is 0.655. The first-order valence-electron chi connectivity index (χ1n) is 8.53. The highest BCUT2D eigenvalue weighted by molar-refractivity contribution is 7.22. The van der Waals surface area contributed by atoms with Gasteiger partial charge in [0.2, 0.25) is 5.91 Å². The van der Waals surface area contributed by atoms with E-state index in [0.29, 0.717) is 41.0 Å². The van der Waals surface area contributed by atoms with E-state index in [9.17, 15) is 13.6 Å². The Kier molecular flexibility index (Phi) is 4.97. The molecule has 0 bridgehead atoms. The fourth-order valence-corrected chi connectivity index (χ4v) is 4.40. The van der Waals surface area contributed by atoms with Crippen LogP contribution in [-0.4, -0.2) is 42.0 Å². The molecule has 27 heavy (non-hydrogen) atoms. The number of piperazine rings is 1. The summed E-state index contributed by atoms with van der Waals surface area (Å²) in [4.78, 5) is 20.6. The van der Waals surface area contributed by atoms with Crippen LogP contribution in [0, 0.1) is 11.6 Å². The van der Waals surface area contributed by atoms with E-state index in [-0.39, 0.29) is 17.8 Å². The SMILES string of the molecule is O=C(Cc1ccccc1Cl)N1CCN(c2nc3c(F)cc(F)cc3s2)CC1. The van der Waals surface area contributed by atoms with Crippen molar-refractivity contribution >= 4 is 44.2 Å². The van der Waals surface area contributed by atoms with Gasteiger partial charge in [-0.05, 0) is 17.7 Å². The summed E-state index contributed by atoms with van der Waals surface area (Å²) in [6.45, 7) is 2.29. The first-order chi connectivity index (χ1) is 13.0. The topological polar surface area (TPSA) is 36.4 Å². The summed E-state index contributed by atoms with van der Waals surface area (Å²) >= 11 is 7.39. The Morgan fingerprint density at radius 3 is 2.63 bits per heavy atom. The maximum atomic E-state index is 13.9. The van der Waals surface area contributed by atoms with Crippen LogP contribution in [0.25, 0.3) is 10.2 Å². The number of amides is 1. The van der Waals surface area contributed by atoms with Gasteiger partial charge in [0.1, 0.15) is 11.3 Å². The van der Waals surface area contributed by atoms with Crippen LogP contribution in [0.15, 0.2) is 36.4 Å². The summed E-state index contributed by atoms with van der Waals surface area (Å²) in [6, 6.07) is 9.46. The molecule has 0 aliphatic carbocycles. The molecule has 4 nitrogen and oxygen atoms in total. The van der Waals surface area contributed by atoms with E-state index < -0.39 is 11.6 Å². The number of rotatable bonds is 3. The lowest BCUT2D eigenvalue weighted by Gasteiger charge is -2.34. The number of carbonyl (C=O) groups is 1. The van der Waals surface area contributed by atoms with Crippen molar-refractivity contribution in [2.75, 3.05) is 31.1 Å². The third-order valence-electron chi connectivity index (χ3n) is 4.60. The fourth-order valence-electron chi connectivity index (χ4n) is 3.14. The standard InChI is InChI=1S/C19H16ClF2N3OS/c20-14-4-2-1-3-12(14)9-17(26)24-5-7-25(8-6-24)19-23-18-15(22)10-13(21)11-16(18)27-19/h1-4,10-11H,5-9H2. The normalized spacial score (nSPS) is 14.8. The van der Waals surface area contributed by atoms with Crippen molar-refractivity contribution in [3.63, 3.8) is 0 Å². The van der Waals surface area contributed by atoms with Crippen molar-refractivity contribution in [2.24, 2.45) is 0 Å². The van der Waals surface area contributed by atoms with Crippen molar-refractivity contribution in [2.45, 2.75) is 6.42 Å². The Hall–Kier alpha value is -2.25. The molecule has 0 radical (unpaired) electrons. The number of carbonyl (C=O) groups excluding carboxylic acids is 1. The number of benzene rings is 2. The van der Waals surface area contributed by atoms with Crippen molar-refractivity contribution in [3.05, 3.63) is 58.6 Å². The number of aromatic nitrogens is 1. The van der Waals surface area contributed by atoms with Crippen LogP contribution in [0.4, 0.5) is 13.9 Å². The number of nitrogens with zero attached hydrogens (tertiary/aromatic N) is 3. The molecule has 2 heterocycles. The second-order valence-electron chi connectivity index (χ2n) is 6.37. The first-order valence-corrected chi connectivity index (χ1v) is 9.72. The van der Waals surface area contributed by atoms with Gasteiger partial charge in [-0.25, -0.2) is 13.8 Å². The minimum atomic E-state index is -0.652. The zero-order valence-corrected chi connectivity index (χ0v) is 15.9. The predicted molar refractivity (Wildman–Crippen MR) is 103 cm³/mol. The van der Waals surface area contributed by atoms with E-state index in [1.54, 1.807) is 11.0 Å². The average Bonchev–Trinajstić information content (AvgIpc) is 3.08. The molecule has 8 heteroatoms. The van der Waals surface area contributed by atoms with Crippen LogP contribution < -0.4 is 4.90 Å². The minimum Gasteiger partial charge on any atom is -0.345 e. The van der Waals surface area contributed by atoms with E-state index >= 15 is 0 Å². The number of hydrogen-bond donors (Lipinski definition) is 0. The molecule has 140 valence electrons. The van der Waals surface area contributed by atoms with Crippen molar-refractivity contribution in [1.82, 2.24) is 9.88 Å². The molecule has 0 atom stereocenters. The maximum Gasteiger partial charge on any atom is 0.227 e. The molecule has 0 N–H and O–H groups in total. The molecule has 1 aliphatic heterocycles. The summed E-state index contributed by atoms with van der Waals surface area (Å²) in [5, 5.41) is 1.24. The molecule has 1 aliphatic rings. The molecule has 1 saturated heterocycles. The summed E-state index contributed by atoms with van der Waals surface area (Å²) in [5.41, 5.74) is 1.00. The second-order valence-corrected chi connectivity index (χ2v) is 7.78. The third kappa shape index (κ3) is 3.75. The summed E-state index contributed by atoms with van der Waals surface area (Å²) in [5.74, 6) is -1.23. The second kappa shape index (κ2) is 7.40. The van der Waals surface area contributed by atoms with Crippen molar-refractivity contribution < 1.29 is 13.6 Å². The van der Waals surface area contributed by atoms with E-state index in [2.05, 4.69) is 4.98 Å². The molecular formula is C19H16ClF2N3OS. The highest BCUT2D eigenvalue weighted by Gasteiger charge is 2.24. The lowest BCUT2D eigenvalue weighted by atomic mass is 10.1. The van der Waals surface area contributed by atoms with Crippen molar-refractivity contribution in [1.29, 1.82) is 0 Å². The molecule has 1 amide bonds. The van der Waals surface area contributed by atoms with Gasteiger partial charge < -0.3 is 9.80 Å². The van der Waals surface area contributed by atoms with Gasteiger partial charge in [0.05, 0.1) is 11.1 Å². The van der Waals surface area contributed by atoms with Crippen LogP contribution >= 0.6 is 22.9 Å². The first kappa shape index (κ1) is 18.1. The van der Waals surface area contributed by atoms with Crippen LogP contribution in [0.5, 0.6) is 0 Å². The molecule has 2 aromatic carbocycles. The van der Waals surface area contributed by atoms with Gasteiger partial charge in [-0.3, -0.25) is 4.79 Å². The summed E-state index contributed by atoms with van der Waals surface area (Å²) < 4.78 is 27.7. The zero-order chi connectivity index (χ0) is 19.0. The smallest absolute Gasteiger partial charge is 0.227 e. The van der Waals surface area contributed by atoms with E-state index in [1.165, 1.54) is 17.4 Å². The predicted octanol–water partition coefficient (Wildman–Crippen LogP) is 4.12. The van der Waals surface area contributed by atoms with Gasteiger partial charge in [0, 0.05) is 37.3 Å². The molecule has 1 aromatic heterocycles. The Labute approximate surface area is 164 Å². The van der Waals surface area contributed by atoms with Gasteiger partial charge in [-0.15, -0.1) is 0 Å². The minimum absolute atomic E-state index is 0.0279. The highest BCUT2D eigenvalue weighted by atomic mass is 35.5. The molecule has 0 spiro atoms. The molecular weight excluding hydrogens is 392 g/mol. The largest absolute Gasteiger partial charge is 0.345 e. The lowest BCUT2D eigenvalue weighted by Crippen LogP contribution is -2.49. The van der Waals surface area contributed by atoms with Gasteiger partial charge in [-0.2, -0.15) is 0 Å².